The number of carbonyl (C=O) groups excluding carboxylic acids is 2. The Labute approximate surface area is 183 Å². The van der Waals surface area contributed by atoms with Crippen molar-refractivity contribution in [3.05, 3.63) is 47.3 Å². The zero-order valence-electron chi connectivity index (χ0n) is 18.4. The first-order valence-corrected chi connectivity index (χ1v) is 11.9. The maximum Gasteiger partial charge on any atom is 0.339 e. The van der Waals surface area contributed by atoms with Crippen molar-refractivity contribution < 1.29 is 14.3 Å². The number of carbonyl (C=O) groups is 2. The van der Waals surface area contributed by atoms with E-state index in [0.29, 0.717) is 18.1 Å². The fourth-order valence-electron chi connectivity index (χ4n) is 4.31. The molecule has 1 amide bonds. The Bertz CT molecular complexity index is 898. The van der Waals surface area contributed by atoms with E-state index >= 15 is 0 Å². The molecule has 0 radical (unpaired) electrons. The van der Waals surface area contributed by atoms with E-state index in [1.807, 2.05) is 57.4 Å². The SMILES string of the molecule is CCOC(=O)c1cc(C)n(CC2CCC(C(=O)Nc3cccc(SC)c3)CC2)c1C. The third-order valence-corrected chi connectivity index (χ3v) is 6.79. The molecule has 0 atom stereocenters. The van der Waals surface area contributed by atoms with Crippen LogP contribution in [0.25, 0.3) is 0 Å². The van der Waals surface area contributed by atoms with E-state index in [9.17, 15) is 9.59 Å². The molecule has 1 aliphatic rings. The van der Waals surface area contributed by atoms with Gasteiger partial charge in [-0.05, 0) is 82.9 Å². The number of aryl methyl sites for hydroxylation is 1. The second-order valence-electron chi connectivity index (χ2n) is 8.05. The molecule has 0 bridgehead atoms. The molecule has 3 rings (SSSR count). The number of thioether (sulfide) groups is 1. The van der Waals surface area contributed by atoms with Crippen molar-refractivity contribution in [3.63, 3.8) is 0 Å². The summed E-state index contributed by atoms with van der Waals surface area (Å²) in [6.45, 7) is 7.13. The van der Waals surface area contributed by atoms with Gasteiger partial charge in [0.15, 0.2) is 0 Å². The fourth-order valence-corrected chi connectivity index (χ4v) is 4.77. The van der Waals surface area contributed by atoms with Gasteiger partial charge in [-0.2, -0.15) is 0 Å². The minimum atomic E-state index is -0.247. The Hall–Kier alpha value is -2.21. The number of nitrogens with zero attached hydrogens (tertiary/aromatic N) is 1. The van der Waals surface area contributed by atoms with Gasteiger partial charge in [-0.25, -0.2) is 4.79 Å². The van der Waals surface area contributed by atoms with E-state index in [4.69, 9.17) is 4.74 Å². The van der Waals surface area contributed by atoms with Crippen LogP contribution in [0.15, 0.2) is 35.2 Å². The van der Waals surface area contributed by atoms with Crippen molar-refractivity contribution in [2.75, 3.05) is 18.2 Å². The van der Waals surface area contributed by atoms with Gasteiger partial charge in [0, 0.05) is 34.4 Å². The summed E-state index contributed by atoms with van der Waals surface area (Å²) in [7, 11) is 0. The normalized spacial score (nSPS) is 18.8. The Morgan fingerprint density at radius 3 is 2.57 bits per heavy atom. The highest BCUT2D eigenvalue weighted by atomic mass is 32.2. The number of rotatable bonds is 7. The summed E-state index contributed by atoms with van der Waals surface area (Å²) >= 11 is 1.67. The predicted octanol–water partition coefficient (Wildman–Crippen LogP) is 5.45. The molecule has 1 N–H and O–H groups in total. The number of esters is 1. The number of nitrogens with one attached hydrogen (secondary N) is 1. The lowest BCUT2D eigenvalue weighted by molar-refractivity contribution is -0.121. The van der Waals surface area contributed by atoms with Gasteiger partial charge in [0.1, 0.15) is 0 Å². The Morgan fingerprint density at radius 1 is 1.17 bits per heavy atom. The molecule has 2 aromatic rings. The van der Waals surface area contributed by atoms with Crippen molar-refractivity contribution in [2.24, 2.45) is 11.8 Å². The third kappa shape index (κ3) is 5.28. The molecule has 6 heteroatoms. The maximum absolute atomic E-state index is 12.7. The van der Waals surface area contributed by atoms with Crippen molar-refractivity contribution in [2.45, 2.75) is 57.9 Å². The van der Waals surface area contributed by atoms with Gasteiger partial charge in [-0.15, -0.1) is 11.8 Å². The average Bonchev–Trinajstić information content (AvgIpc) is 3.03. The summed E-state index contributed by atoms with van der Waals surface area (Å²) < 4.78 is 7.40. The molecule has 162 valence electrons. The highest BCUT2D eigenvalue weighted by Gasteiger charge is 2.27. The van der Waals surface area contributed by atoms with Gasteiger partial charge in [-0.3, -0.25) is 4.79 Å². The first-order valence-electron chi connectivity index (χ1n) is 10.7. The molecular formula is C24H32N2O3S. The predicted molar refractivity (Wildman–Crippen MR) is 122 cm³/mol. The number of hydrogen-bond donors (Lipinski definition) is 1. The molecule has 0 unspecified atom stereocenters. The van der Waals surface area contributed by atoms with Gasteiger partial charge in [-0.1, -0.05) is 6.07 Å². The molecule has 1 aliphatic carbocycles. The molecule has 1 aromatic carbocycles. The highest BCUT2D eigenvalue weighted by Crippen LogP contribution is 2.32. The summed E-state index contributed by atoms with van der Waals surface area (Å²) in [5.74, 6) is 0.474. The van der Waals surface area contributed by atoms with Crippen LogP contribution in [0.2, 0.25) is 0 Å². The van der Waals surface area contributed by atoms with Crippen molar-refractivity contribution in [1.82, 2.24) is 4.57 Å². The third-order valence-electron chi connectivity index (χ3n) is 6.06. The maximum atomic E-state index is 12.7. The molecule has 1 saturated carbocycles. The molecule has 1 aromatic heterocycles. The second kappa shape index (κ2) is 10.2. The van der Waals surface area contributed by atoms with Crippen molar-refractivity contribution in [1.29, 1.82) is 0 Å². The quantitative estimate of drug-likeness (QED) is 0.471. The van der Waals surface area contributed by atoms with E-state index < -0.39 is 0 Å². The van der Waals surface area contributed by atoms with Crippen LogP contribution in [0.3, 0.4) is 0 Å². The smallest absolute Gasteiger partial charge is 0.339 e. The van der Waals surface area contributed by atoms with Gasteiger partial charge in [0.2, 0.25) is 5.91 Å². The van der Waals surface area contributed by atoms with E-state index in [1.54, 1.807) is 11.8 Å². The number of amides is 1. The van der Waals surface area contributed by atoms with Crippen LogP contribution in [-0.4, -0.2) is 29.3 Å². The summed E-state index contributed by atoms with van der Waals surface area (Å²) in [5, 5.41) is 3.09. The average molecular weight is 429 g/mol. The lowest BCUT2D eigenvalue weighted by atomic mass is 9.81. The largest absolute Gasteiger partial charge is 0.462 e. The van der Waals surface area contributed by atoms with Crippen LogP contribution in [0.5, 0.6) is 0 Å². The monoisotopic (exact) mass is 428 g/mol. The van der Waals surface area contributed by atoms with Gasteiger partial charge >= 0.3 is 5.97 Å². The molecule has 0 aliphatic heterocycles. The van der Waals surface area contributed by atoms with Crippen LogP contribution in [0.4, 0.5) is 5.69 Å². The topological polar surface area (TPSA) is 60.3 Å². The van der Waals surface area contributed by atoms with Crippen LogP contribution in [-0.2, 0) is 16.1 Å². The van der Waals surface area contributed by atoms with Gasteiger partial charge in [0.25, 0.3) is 0 Å². The van der Waals surface area contributed by atoms with E-state index in [-0.39, 0.29) is 17.8 Å². The number of hydrogen-bond acceptors (Lipinski definition) is 4. The van der Waals surface area contributed by atoms with E-state index in [0.717, 1.165) is 54.2 Å². The van der Waals surface area contributed by atoms with Crippen LogP contribution in [0, 0.1) is 25.7 Å². The summed E-state index contributed by atoms with van der Waals surface area (Å²) in [6.07, 6.45) is 5.89. The van der Waals surface area contributed by atoms with Crippen LogP contribution in [0.1, 0.15) is 54.4 Å². The summed E-state index contributed by atoms with van der Waals surface area (Å²) in [6, 6.07) is 9.92. The number of ether oxygens (including phenoxy) is 1. The van der Waals surface area contributed by atoms with Crippen molar-refractivity contribution >= 4 is 29.3 Å². The highest BCUT2D eigenvalue weighted by molar-refractivity contribution is 7.98. The minimum absolute atomic E-state index is 0.0705. The zero-order valence-corrected chi connectivity index (χ0v) is 19.2. The van der Waals surface area contributed by atoms with Gasteiger partial charge < -0.3 is 14.6 Å². The number of anilines is 1. The number of benzene rings is 1. The second-order valence-corrected chi connectivity index (χ2v) is 8.93. The summed E-state index contributed by atoms with van der Waals surface area (Å²) in [4.78, 5) is 26.0. The standard InChI is InChI=1S/C24H32N2O3S/c1-5-29-24(28)22-13-16(2)26(17(22)3)15-18-9-11-19(12-10-18)23(27)25-20-7-6-8-21(14-20)30-4/h6-8,13-14,18-19H,5,9-12,15H2,1-4H3,(H,25,27). The van der Waals surface area contributed by atoms with Crippen LogP contribution >= 0.6 is 11.8 Å². The lowest BCUT2D eigenvalue weighted by Crippen LogP contribution is -2.28. The Kier molecular flexibility index (Phi) is 7.64. The number of aromatic nitrogens is 1. The Morgan fingerprint density at radius 2 is 1.90 bits per heavy atom. The zero-order chi connectivity index (χ0) is 21.7. The first-order chi connectivity index (χ1) is 14.4. The molecule has 0 spiro atoms. The van der Waals surface area contributed by atoms with Crippen molar-refractivity contribution in [3.8, 4) is 0 Å². The Balaban J connectivity index is 1.56. The van der Waals surface area contributed by atoms with E-state index in [2.05, 4.69) is 9.88 Å². The first kappa shape index (κ1) is 22.5. The molecule has 1 fully saturated rings. The summed E-state index contributed by atoms with van der Waals surface area (Å²) in [5.41, 5.74) is 3.59. The fraction of sp³-hybridized carbons (Fsp3) is 0.500. The molecule has 30 heavy (non-hydrogen) atoms. The molecule has 1 heterocycles. The van der Waals surface area contributed by atoms with E-state index in [1.165, 1.54) is 0 Å². The van der Waals surface area contributed by atoms with Crippen LogP contribution < -0.4 is 5.32 Å². The molecule has 5 nitrogen and oxygen atoms in total. The molecular weight excluding hydrogens is 396 g/mol. The minimum Gasteiger partial charge on any atom is -0.462 e. The van der Waals surface area contributed by atoms with Gasteiger partial charge in [0.05, 0.1) is 12.2 Å². The lowest BCUT2D eigenvalue weighted by Gasteiger charge is -2.29. The molecule has 0 saturated heterocycles.